The molecule has 3 rings (SSSR count). The van der Waals surface area contributed by atoms with Crippen LogP contribution in [0.1, 0.15) is 35.7 Å². The van der Waals surface area contributed by atoms with E-state index in [2.05, 4.69) is 4.98 Å². The van der Waals surface area contributed by atoms with Gasteiger partial charge < -0.3 is 9.88 Å². The van der Waals surface area contributed by atoms with Gasteiger partial charge in [0.15, 0.2) is 6.29 Å². The number of carbonyl (C=O) groups is 1. The molecule has 2 heterocycles. The number of nitrogens with zero attached hydrogens (tertiary/aromatic N) is 1. The molecule has 0 bridgehead atoms. The maximum Gasteiger partial charge on any atom is 0.408 e. The number of pyridine rings is 1. The van der Waals surface area contributed by atoms with Crippen LogP contribution >= 0.6 is 0 Å². The molecule has 2 aromatic rings. The Labute approximate surface area is 148 Å². The van der Waals surface area contributed by atoms with Gasteiger partial charge in [0.2, 0.25) is 0 Å². The number of aromatic nitrogens is 1. The van der Waals surface area contributed by atoms with Gasteiger partial charge in [-0.1, -0.05) is 19.1 Å². The molecular weight excluding hydrogens is 345 g/mol. The van der Waals surface area contributed by atoms with Crippen molar-refractivity contribution >= 4 is 12.0 Å². The van der Waals surface area contributed by atoms with E-state index in [9.17, 15) is 22.8 Å². The minimum atomic E-state index is -4.25. The highest BCUT2D eigenvalue weighted by Crippen LogP contribution is 2.36. The van der Waals surface area contributed by atoms with E-state index >= 15 is 0 Å². The topological polar surface area (TPSA) is 53.2 Å². The highest BCUT2D eigenvalue weighted by Gasteiger charge is 2.45. The van der Waals surface area contributed by atoms with Crippen molar-refractivity contribution in [1.82, 2.24) is 4.98 Å². The molecule has 0 radical (unpaired) electrons. The van der Waals surface area contributed by atoms with Crippen molar-refractivity contribution in [2.24, 2.45) is 0 Å². The molecule has 26 heavy (non-hydrogen) atoms. The van der Waals surface area contributed by atoms with Gasteiger partial charge in [-0.25, -0.2) is 0 Å². The van der Waals surface area contributed by atoms with Gasteiger partial charge in [-0.3, -0.25) is 9.59 Å². The molecule has 0 spiro atoms. The SMILES string of the molecule is CCc1cc(C=O)c(=O)[nH]c1-c1ccc(N2CCC[C@H]2C(F)(F)F)cc1. The van der Waals surface area contributed by atoms with Crippen LogP contribution in [0.5, 0.6) is 0 Å². The summed E-state index contributed by atoms with van der Waals surface area (Å²) in [5.74, 6) is 0. The Bertz CT molecular complexity index is 857. The van der Waals surface area contributed by atoms with Crippen molar-refractivity contribution in [3.8, 4) is 11.3 Å². The van der Waals surface area contributed by atoms with Crippen LogP contribution in [0.25, 0.3) is 11.3 Å². The normalized spacial score (nSPS) is 17.5. The first-order chi connectivity index (χ1) is 12.3. The highest BCUT2D eigenvalue weighted by atomic mass is 19.4. The van der Waals surface area contributed by atoms with Crippen LogP contribution in [-0.2, 0) is 6.42 Å². The molecule has 1 aliphatic heterocycles. The van der Waals surface area contributed by atoms with E-state index in [1.165, 1.54) is 4.90 Å². The molecule has 0 aliphatic carbocycles. The van der Waals surface area contributed by atoms with Crippen molar-refractivity contribution < 1.29 is 18.0 Å². The van der Waals surface area contributed by atoms with Crippen LogP contribution in [0, 0.1) is 0 Å². The molecule has 1 atom stereocenters. The molecule has 1 fully saturated rings. The molecule has 1 aromatic carbocycles. The molecule has 0 unspecified atom stereocenters. The van der Waals surface area contributed by atoms with Gasteiger partial charge in [0.25, 0.3) is 5.56 Å². The lowest BCUT2D eigenvalue weighted by atomic mass is 10.0. The van der Waals surface area contributed by atoms with Gasteiger partial charge in [-0.2, -0.15) is 13.2 Å². The maximum absolute atomic E-state index is 13.1. The van der Waals surface area contributed by atoms with Crippen LogP contribution in [0.2, 0.25) is 0 Å². The molecule has 0 saturated carbocycles. The van der Waals surface area contributed by atoms with Gasteiger partial charge in [0.05, 0.1) is 11.3 Å². The van der Waals surface area contributed by atoms with Gasteiger partial charge in [0, 0.05) is 12.2 Å². The summed E-state index contributed by atoms with van der Waals surface area (Å²) in [6.07, 6.45) is -2.52. The lowest BCUT2D eigenvalue weighted by Crippen LogP contribution is -2.41. The van der Waals surface area contributed by atoms with Crippen LogP contribution in [0.3, 0.4) is 0 Å². The van der Waals surface area contributed by atoms with Crippen molar-refractivity contribution in [3.63, 3.8) is 0 Å². The number of aryl methyl sites for hydroxylation is 1. The van der Waals surface area contributed by atoms with Crippen LogP contribution in [0.4, 0.5) is 18.9 Å². The first kappa shape index (κ1) is 18.2. The summed E-state index contributed by atoms with van der Waals surface area (Å²) in [5, 5.41) is 0. The number of nitrogens with one attached hydrogen (secondary N) is 1. The minimum Gasteiger partial charge on any atom is -0.360 e. The summed E-state index contributed by atoms with van der Waals surface area (Å²) in [6, 6.07) is 6.79. The fraction of sp³-hybridized carbons (Fsp3) is 0.368. The number of benzene rings is 1. The molecule has 1 saturated heterocycles. The predicted octanol–water partition coefficient (Wildman–Crippen LogP) is 3.95. The van der Waals surface area contributed by atoms with E-state index in [1.54, 1.807) is 30.3 Å². The maximum atomic E-state index is 13.1. The standard InChI is InChI=1S/C19H19F3N2O2/c1-2-12-10-14(11-25)18(26)23-17(12)13-5-7-15(8-6-13)24-9-3-4-16(24)19(20,21)22/h5-8,10-11,16H,2-4,9H2,1H3,(H,23,26)/t16-/m0/s1. The molecule has 4 nitrogen and oxygen atoms in total. The number of hydrogen-bond donors (Lipinski definition) is 1. The number of anilines is 1. The zero-order chi connectivity index (χ0) is 18.9. The summed E-state index contributed by atoms with van der Waals surface area (Å²) >= 11 is 0. The third-order valence-electron chi connectivity index (χ3n) is 4.78. The fourth-order valence-corrected chi connectivity index (χ4v) is 3.45. The summed E-state index contributed by atoms with van der Waals surface area (Å²) in [7, 11) is 0. The third kappa shape index (κ3) is 3.38. The average molecular weight is 364 g/mol. The first-order valence-corrected chi connectivity index (χ1v) is 8.50. The molecule has 1 aromatic heterocycles. The smallest absolute Gasteiger partial charge is 0.360 e. The van der Waals surface area contributed by atoms with E-state index in [0.717, 1.165) is 5.56 Å². The summed E-state index contributed by atoms with van der Waals surface area (Å²) in [4.78, 5) is 26.9. The van der Waals surface area contributed by atoms with E-state index in [0.29, 0.717) is 42.6 Å². The molecule has 7 heteroatoms. The second-order valence-electron chi connectivity index (χ2n) is 6.37. The van der Waals surface area contributed by atoms with Crippen molar-refractivity contribution in [2.45, 2.75) is 38.4 Å². The van der Waals surface area contributed by atoms with E-state index in [4.69, 9.17) is 0 Å². The quantitative estimate of drug-likeness (QED) is 0.836. The molecule has 0 amide bonds. The van der Waals surface area contributed by atoms with Crippen LogP contribution in [-0.4, -0.2) is 30.0 Å². The second-order valence-corrected chi connectivity index (χ2v) is 6.37. The van der Waals surface area contributed by atoms with Gasteiger partial charge >= 0.3 is 6.18 Å². The Kier molecular flexibility index (Phi) is 4.89. The molecular formula is C19H19F3N2O2. The molecule has 1 aliphatic rings. The molecule has 138 valence electrons. The fourth-order valence-electron chi connectivity index (χ4n) is 3.45. The zero-order valence-electron chi connectivity index (χ0n) is 14.3. The monoisotopic (exact) mass is 364 g/mol. The highest BCUT2D eigenvalue weighted by molar-refractivity contribution is 5.76. The van der Waals surface area contributed by atoms with Crippen LogP contribution < -0.4 is 10.5 Å². The average Bonchev–Trinajstić information content (AvgIpc) is 3.12. The lowest BCUT2D eigenvalue weighted by molar-refractivity contribution is -0.145. The largest absolute Gasteiger partial charge is 0.408 e. The number of carbonyl (C=O) groups excluding carboxylic acids is 1. The van der Waals surface area contributed by atoms with Gasteiger partial charge in [0.1, 0.15) is 6.04 Å². The lowest BCUT2D eigenvalue weighted by Gasteiger charge is -2.28. The summed E-state index contributed by atoms with van der Waals surface area (Å²) < 4.78 is 39.4. The third-order valence-corrected chi connectivity index (χ3v) is 4.78. The number of hydrogen-bond acceptors (Lipinski definition) is 3. The first-order valence-electron chi connectivity index (χ1n) is 8.50. The number of aldehydes is 1. The molecule has 1 N–H and O–H groups in total. The Hall–Kier alpha value is -2.57. The van der Waals surface area contributed by atoms with Gasteiger partial charge in [-0.15, -0.1) is 0 Å². The summed E-state index contributed by atoms with van der Waals surface area (Å²) in [6.45, 7) is 2.27. The summed E-state index contributed by atoms with van der Waals surface area (Å²) in [5.41, 5.74) is 2.18. The number of rotatable bonds is 4. The number of aromatic amines is 1. The Morgan fingerprint density at radius 3 is 2.54 bits per heavy atom. The van der Waals surface area contributed by atoms with Crippen molar-refractivity contribution in [3.05, 3.63) is 51.8 Å². The number of alkyl halides is 3. The number of halogens is 3. The van der Waals surface area contributed by atoms with E-state index in [-0.39, 0.29) is 12.0 Å². The Morgan fingerprint density at radius 1 is 1.27 bits per heavy atom. The van der Waals surface area contributed by atoms with Crippen molar-refractivity contribution in [1.29, 1.82) is 0 Å². The van der Waals surface area contributed by atoms with Crippen LogP contribution in [0.15, 0.2) is 35.1 Å². The Morgan fingerprint density at radius 2 is 1.96 bits per heavy atom. The Balaban J connectivity index is 1.95. The predicted molar refractivity (Wildman–Crippen MR) is 93.7 cm³/mol. The van der Waals surface area contributed by atoms with Gasteiger partial charge in [-0.05, 0) is 48.6 Å². The minimum absolute atomic E-state index is 0.0623. The second kappa shape index (κ2) is 6.97. The number of H-pyrrole nitrogens is 1. The van der Waals surface area contributed by atoms with E-state index < -0.39 is 17.8 Å². The van der Waals surface area contributed by atoms with E-state index in [1.807, 2.05) is 6.92 Å². The van der Waals surface area contributed by atoms with Crippen molar-refractivity contribution in [2.75, 3.05) is 11.4 Å². The zero-order valence-corrected chi connectivity index (χ0v) is 14.3.